The van der Waals surface area contributed by atoms with E-state index >= 15 is 0 Å². The highest BCUT2D eigenvalue weighted by Gasteiger charge is 2.17. The molecule has 0 spiro atoms. The number of aryl methyl sites for hydroxylation is 1. The number of amides is 1. The van der Waals surface area contributed by atoms with E-state index in [0.717, 1.165) is 16.5 Å². The van der Waals surface area contributed by atoms with Crippen LogP contribution in [0.1, 0.15) is 43.4 Å². The van der Waals surface area contributed by atoms with Gasteiger partial charge in [0.15, 0.2) is 0 Å². The maximum atomic E-state index is 12.3. The zero-order valence-corrected chi connectivity index (χ0v) is 13.8. The van der Waals surface area contributed by atoms with Gasteiger partial charge in [0, 0.05) is 24.0 Å². The molecule has 0 saturated carbocycles. The van der Waals surface area contributed by atoms with Crippen LogP contribution < -0.4 is 0 Å². The van der Waals surface area contributed by atoms with Crippen molar-refractivity contribution in [3.63, 3.8) is 0 Å². The SMILES string of the molecule is CCN(CCO)C(=O)Cc1coc2cc(C)c(C(C)C)cc12. The molecule has 0 bridgehead atoms. The zero-order chi connectivity index (χ0) is 16.3. The molecule has 0 aliphatic carbocycles. The smallest absolute Gasteiger partial charge is 0.227 e. The first-order valence-corrected chi connectivity index (χ1v) is 7.87. The molecule has 0 fully saturated rings. The van der Waals surface area contributed by atoms with Gasteiger partial charge in [0.05, 0.1) is 19.3 Å². The molecule has 0 unspecified atom stereocenters. The first-order valence-electron chi connectivity index (χ1n) is 7.87. The molecule has 1 aromatic carbocycles. The summed E-state index contributed by atoms with van der Waals surface area (Å²) < 4.78 is 5.62. The molecule has 1 amide bonds. The van der Waals surface area contributed by atoms with Crippen molar-refractivity contribution in [1.82, 2.24) is 4.90 Å². The summed E-state index contributed by atoms with van der Waals surface area (Å²) in [4.78, 5) is 14.0. The van der Waals surface area contributed by atoms with Crippen LogP contribution in [-0.4, -0.2) is 35.6 Å². The van der Waals surface area contributed by atoms with Gasteiger partial charge in [-0.05, 0) is 43.0 Å². The molecule has 0 aliphatic heterocycles. The number of benzene rings is 1. The molecular formula is C18H25NO3. The Kier molecular flexibility index (Phi) is 5.24. The molecule has 4 heteroatoms. The number of fused-ring (bicyclic) bond motifs is 1. The summed E-state index contributed by atoms with van der Waals surface area (Å²) >= 11 is 0. The molecule has 1 aromatic heterocycles. The minimum atomic E-state index is -0.0115. The van der Waals surface area contributed by atoms with Crippen LogP contribution in [0.25, 0.3) is 11.0 Å². The van der Waals surface area contributed by atoms with E-state index in [1.54, 1.807) is 11.2 Å². The van der Waals surface area contributed by atoms with Gasteiger partial charge in [0.2, 0.25) is 5.91 Å². The van der Waals surface area contributed by atoms with Gasteiger partial charge in [-0.3, -0.25) is 4.79 Å². The number of carbonyl (C=O) groups excluding carboxylic acids is 1. The highest BCUT2D eigenvalue weighted by atomic mass is 16.3. The lowest BCUT2D eigenvalue weighted by molar-refractivity contribution is -0.130. The Bertz CT molecular complexity index is 658. The third kappa shape index (κ3) is 3.33. The van der Waals surface area contributed by atoms with Crippen LogP contribution in [0.15, 0.2) is 22.8 Å². The van der Waals surface area contributed by atoms with E-state index in [-0.39, 0.29) is 12.5 Å². The quantitative estimate of drug-likeness (QED) is 0.891. The molecule has 120 valence electrons. The van der Waals surface area contributed by atoms with E-state index in [0.29, 0.717) is 25.4 Å². The van der Waals surface area contributed by atoms with E-state index < -0.39 is 0 Å². The van der Waals surface area contributed by atoms with Gasteiger partial charge in [-0.15, -0.1) is 0 Å². The van der Waals surface area contributed by atoms with Crippen LogP contribution in [-0.2, 0) is 11.2 Å². The van der Waals surface area contributed by atoms with Gasteiger partial charge in [-0.25, -0.2) is 0 Å². The fourth-order valence-electron chi connectivity index (χ4n) is 2.86. The number of hydrogen-bond acceptors (Lipinski definition) is 3. The number of carbonyl (C=O) groups is 1. The van der Waals surface area contributed by atoms with Gasteiger partial charge in [-0.1, -0.05) is 13.8 Å². The van der Waals surface area contributed by atoms with Crippen molar-refractivity contribution >= 4 is 16.9 Å². The van der Waals surface area contributed by atoms with Crippen molar-refractivity contribution < 1.29 is 14.3 Å². The lowest BCUT2D eigenvalue weighted by Gasteiger charge is -2.19. The topological polar surface area (TPSA) is 53.7 Å². The summed E-state index contributed by atoms with van der Waals surface area (Å²) in [5.74, 6) is 0.454. The summed E-state index contributed by atoms with van der Waals surface area (Å²) in [6, 6.07) is 4.19. The summed E-state index contributed by atoms with van der Waals surface area (Å²) in [7, 11) is 0. The highest BCUT2D eigenvalue weighted by Crippen LogP contribution is 2.29. The van der Waals surface area contributed by atoms with E-state index in [4.69, 9.17) is 9.52 Å². The zero-order valence-electron chi connectivity index (χ0n) is 13.8. The Morgan fingerprint density at radius 2 is 2.09 bits per heavy atom. The van der Waals surface area contributed by atoms with Crippen LogP contribution in [0.5, 0.6) is 0 Å². The van der Waals surface area contributed by atoms with E-state index in [1.165, 1.54) is 11.1 Å². The fraction of sp³-hybridized carbons (Fsp3) is 0.500. The Morgan fingerprint density at radius 1 is 1.36 bits per heavy atom. The number of hydrogen-bond donors (Lipinski definition) is 1. The van der Waals surface area contributed by atoms with Gasteiger partial charge in [-0.2, -0.15) is 0 Å². The Hall–Kier alpha value is -1.81. The first-order chi connectivity index (χ1) is 10.5. The van der Waals surface area contributed by atoms with Crippen molar-refractivity contribution in [1.29, 1.82) is 0 Å². The normalized spacial score (nSPS) is 11.4. The molecule has 0 atom stereocenters. The molecule has 2 aromatic rings. The summed E-state index contributed by atoms with van der Waals surface area (Å²) in [5.41, 5.74) is 4.24. The second kappa shape index (κ2) is 6.97. The summed E-state index contributed by atoms with van der Waals surface area (Å²) in [6.45, 7) is 9.30. The number of aliphatic hydroxyl groups is 1. The van der Waals surface area contributed by atoms with Crippen LogP contribution >= 0.6 is 0 Å². The lowest BCUT2D eigenvalue weighted by atomic mass is 9.95. The lowest BCUT2D eigenvalue weighted by Crippen LogP contribution is -2.34. The number of nitrogens with zero attached hydrogens (tertiary/aromatic N) is 1. The van der Waals surface area contributed by atoms with Crippen LogP contribution in [0.4, 0.5) is 0 Å². The minimum absolute atomic E-state index is 0.0115. The molecule has 4 nitrogen and oxygen atoms in total. The van der Waals surface area contributed by atoms with Crippen molar-refractivity contribution in [2.75, 3.05) is 19.7 Å². The molecular weight excluding hydrogens is 278 g/mol. The first kappa shape index (κ1) is 16.6. The third-order valence-corrected chi connectivity index (χ3v) is 4.11. The number of aliphatic hydroxyl groups excluding tert-OH is 1. The number of likely N-dealkylation sites (N-methyl/N-ethyl adjacent to an activating group) is 1. The Labute approximate surface area is 131 Å². The molecule has 0 aliphatic rings. The molecule has 2 rings (SSSR count). The molecule has 1 N–H and O–H groups in total. The molecule has 0 radical (unpaired) electrons. The maximum Gasteiger partial charge on any atom is 0.227 e. The standard InChI is InChI=1S/C18H25NO3/c1-5-19(6-7-20)18(21)9-14-11-22-17-8-13(4)15(12(2)3)10-16(14)17/h8,10-12,20H,5-7,9H2,1-4H3. The van der Waals surface area contributed by atoms with Gasteiger partial charge in [0.1, 0.15) is 5.58 Å². The average Bonchev–Trinajstić information content (AvgIpc) is 2.85. The van der Waals surface area contributed by atoms with Gasteiger partial charge < -0.3 is 14.4 Å². The third-order valence-electron chi connectivity index (χ3n) is 4.11. The largest absolute Gasteiger partial charge is 0.464 e. The van der Waals surface area contributed by atoms with Crippen LogP contribution in [0.3, 0.4) is 0 Å². The predicted molar refractivity (Wildman–Crippen MR) is 88.1 cm³/mol. The Morgan fingerprint density at radius 3 is 2.68 bits per heavy atom. The van der Waals surface area contributed by atoms with Crippen molar-refractivity contribution in [2.45, 2.75) is 40.0 Å². The van der Waals surface area contributed by atoms with Gasteiger partial charge >= 0.3 is 0 Å². The van der Waals surface area contributed by atoms with E-state index in [2.05, 4.69) is 26.8 Å². The second-order valence-electron chi connectivity index (χ2n) is 5.99. The summed E-state index contributed by atoms with van der Waals surface area (Å²) in [5, 5.41) is 10.0. The second-order valence-corrected chi connectivity index (χ2v) is 5.99. The highest BCUT2D eigenvalue weighted by molar-refractivity contribution is 5.88. The van der Waals surface area contributed by atoms with Crippen LogP contribution in [0.2, 0.25) is 0 Å². The Balaban J connectivity index is 2.32. The molecule has 22 heavy (non-hydrogen) atoms. The number of rotatable bonds is 6. The van der Waals surface area contributed by atoms with Crippen molar-refractivity contribution in [2.24, 2.45) is 0 Å². The minimum Gasteiger partial charge on any atom is -0.464 e. The maximum absolute atomic E-state index is 12.3. The van der Waals surface area contributed by atoms with E-state index in [9.17, 15) is 4.79 Å². The van der Waals surface area contributed by atoms with E-state index in [1.807, 2.05) is 13.0 Å². The average molecular weight is 303 g/mol. The molecule has 1 heterocycles. The number of furan rings is 1. The van der Waals surface area contributed by atoms with Crippen molar-refractivity contribution in [3.05, 3.63) is 35.1 Å². The fourth-order valence-corrected chi connectivity index (χ4v) is 2.86. The monoisotopic (exact) mass is 303 g/mol. The molecule has 0 saturated heterocycles. The summed E-state index contributed by atoms with van der Waals surface area (Å²) in [6.07, 6.45) is 1.99. The van der Waals surface area contributed by atoms with Crippen molar-refractivity contribution in [3.8, 4) is 0 Å². The van der Waals surface area contributed by atoms with Gasteiger partial charge in [0.25, 0.3) is 0 Å². The van der Waals surface area contributed by atoms with Crippen LogP contribution in [0, 0.1) is 6.92 Å². The predicted octanol–water partition coefficient (Wildman–Crippen LogP) is 3.25.